The van der Waals surface area contributed by atoms with Crippen molar-refractivity contribution in [3.63, 3.8) is 0 Å². The van der Waals surface area contributed by atoms with Crippen LogP contribution in [-0.4, -0.2) is 26.4 Å². The number of rotatable bonds is 1. The van der Waals surface area contributed by atoms with Crippen LogP contribution in [-0.2, 0) is 5.41 Å². The van der Waals surface area contributed by atoms with Crippen LogP contribution in [0.25, 0.3) is 21.5 Å². The van der Waals surface area contributed by atoms with E-state index < -0.39 is 5.66 Å². The summed E-state index contributed by atoms with van der Waals surface area (Å²) in [6, 6.07) is 23.5. The van der Waals surface area contributed by atoms with Crippen LogP contribution in [0, 0.1) is 0 Å². The summed E-state index contributed by atoms with van der Waals surface area (Å²) in [5, 5.41) is 8.79. The number of hydrogen-bond acceptors (Lipinski definition) is 4. The third kappa shape index (κ3) is 2.20. The number of anilines is 2. The summed E-state index contributed by atoms with van der Waals surface area (Å²) >= 11 is 0. The van der Waals surface area contributed by atoms with Gasteiger partial charge >= 0.3 is 0 Å². The van der Waals surface area contributed by atoms with Gasteiger partial charge in [0.25, 0.3) is 0 Å². The van der Waals surface area contributed by atoms with Gasteiger partial charge in [0.05, 0.1) is 12.8 Å². The molecule has 2 heterocycles. The van der Waals surface area contributed by atoms with Crippen molar-refractivity contribution in [2.75, 3.05) is 31.0 Å². The fraction of sp³-hybridized carbons (Fsp3) is 0.259. The summed E-state index contributed by atoms with van der Waals surface area (Å²) in [6.45, 7) is 5.13. The van der Waals surface area contributed by atoms with E-state index in [0.717, 1.165) is 22.6 Å². The molecule has 1 N–H and O–H groups in total. The number of nitrogens with one attached hydrogen (secondary N) is 1. The van der Waals surface area contributed by atoms with Gasteiger partial charge in [-0.2, -0.15) is 0 Å². The molecule has 1 spiro atoms. The molecule has 1 atom stereocenters. The number of benzene rings is 4. The predicted molar refractivity (Wildman–Crippen MR) is 128 cm³/mol. The topological polar surface area (TPSA) is 33.7 Å². The number of ether oxygens (including phenoxy) is 2. The van der Waals surface area contributed by atoms with Crippen molar-refractivity contribution in [1.29, 1.82) is 0 Å². The van der Waals surface area contributed by atoms with Crippen molar-refractivity contribution in [3.8, 4) is 11.5 Å². The SMILES string of the molecule is COc1ccc2c(c1)C(C)(C)C1(COc3c(c4ccccc4c4ccccc34)N1)N2C. The molecule has 0 saturated carbocycles. The summed E-state index contributed by atoms with van der Waals surface area (Å²) in [5.74, 6) is 1.82. The number of hydrogen-bond donors (Lipinski definition) is 1. The maximum absolute atomic E-state index is 6.64. The third-order valence-electron chi connectivity index (χ3n) is 7.49. The van der Waals surface area contributed by atoms with Crippen molar-refractivity contribution in [3.05, 3.63) is 72.3 Å². The van der Waals surface area contributed by atoms with Crippen molar-refractivity contribution in [2.24, 2.45) is 0 Å². The monoisotopic (exact) mass is 410 g/mol. The van der Waals surface area contributed by atoms with Crippen molar-refractivity contribution in [2.45, 2.75) is 24.9 Å². The number of fused-ring (bicyclic) bond motifs is 7. The molecule has 4 aromatic carbocycles. The first kappa shape index (κ1) is 18.4. The van der Waals surface area contributed by atoms with E-state index in [1.165, 1.54) is 27.4 Å². The third-order valence-corrected chi connectivity index (χ3v) is 7.49. The Bertz CT molecular complexity index is 1360. The van der Waals surface area contributed by atoms with E-state index >= 15 is 0 Å². The Morgan fingerprint density at radius 3 is 2.26 bits per heavy atom. The highest BCUT2D eigenvalue weighted by Crippen LogP contribution is 2.56. The van der Waals surface area contributed by atoms with Gasteiger partial charge in [0.15, 0.2) is 11.4 Å². The minimum absolute atomic E-state index is 0.212. The summed E-state index contributed by atoms with van der Waals surface area (Å²) < 4.78 is 12.2. The van der Waals surface area contributed by atoms with E-state index in [-0.39, 0.29) is 5.41 Å². The van der Waals surface area contributed by atoms with Gasteiger partial charge in [-0.1, -0.05) is 62.4 Å². The molecule has 6 rings (SSSR count). The second-order valence-electron chi connectivity index (χ2n) is 9.14. The smallest absolute Gasteiger partial charge is 0.155 e. The highest BCUT2D eigenvalue weighted by molar-refractivity contribution is 6.17. The Balaban J connectivity index is 1.60. The second-order valence-corrected chi connectivity index (χ2v) is 9.14. The van der Waals surface area contributed by atoms with Gasteiger partial charge in [0, 0.05) is 28.9 Å². The standard InChI is InChI=1S/C27H26N2O2/c1-26(2)22-15-17(30-4)13-14-23(22)29(3)27(26)16-31-25-21-12-8-6-10-19(21)18-9-5-7-11-20(18)24(25)28-27/h5-15,28H,16H2,1-4H3. The Labute approximate surface area is 182 Å². The van der Waals surface area contributed by atoms with Crippen LogP contribution >= 0.6 is 0 Å². The number of nitrogens with zero attached hydrogens (tertiary/aromatic N) is 1. The molecule has 2 aliphatic rings. The van der Waals surface area contributed by atoms with E-state index in [1.807, 2.05) is 6.07 Å². The van der Waals surface area contributed by atoms with Gasteiger partial charge < -0.3 is 19.7 Å². The second kappa shape index (κ2) is 6.07. The first-order valence-electron chi connectivity index (χ1n) is 10.7. The molecule has 2 aliphatic heterocycles. The van der Waals surface area contributed by atoms with E-state index in [1.54, 1.807) is 7.11 Å². The fourth-order valence-corrected chi connectivity index (χ4v) is 5.60. The molecular weight excluding hydrogens is 384 g/mol. The summed E-state index contributed by atoms with van der Waals surface area (Å²) in [5.41, 5.74) is 2.91. The lowest BCUT2D eigenvalue weighted by Gasteiger charge is -2.50. The molecule has 0 fully saturated rings. The quantitative estimate of drug-likeness (QED) is 0.394. The molecule has 156 valence electrons. The molecule has 0 amide bonds. The Hall–Kier alpha value is -3.40. The van der Waals surface area contributed by atoms with Gasteiger partial charge in [0.1, 0.15) is 12.4 Å². The Kier molecular flexibility index (Phi) is 3.60. The van der Waals surface area contributed by atoms with Crippen LogP contribution in [0.4, 0.5) is 11.4 Å². The molecule has 1 unspecified atom stereocenters. The summed E-state index contributed by atoms with van der Waals surface area (Å²) in [4.78, 5) is 2.34. The van der Waals surface area contributed by atoms with Gasteiger partial charge in [-0.25, -0.2) is 0 Å². The zero-order valence-electron chi connectivity index (χ0n) is 18.3. The summed E-state index contributed by atoms with van der Waals surface area (Å²) in [7, 11) is 3.88. The van der Waals surface area contributed by atoms with E-state index in [4.69, 9.17) is 9.47 Å². The molecule has 0 radical (unpaired) electrons. The first-order valence-corrected chi connectivity index (χ1v) is 10.7. The fourth-order valence-electron chi connectivity index (χ4n) is 5.60. The minimum atomic E-state index is -0.417. The van der Waals surface area contributed by atoms with Gasteiger partial charge in [-0.15, -0.1) is 0 Å². The van der Waals surface area contributed by atoms with Gasteiger partial charge in [-0.05, 0) is 34.5 Å². The van der Waals surface area contributed by atoms with Crippen molar-refractivity contribution >= 4 is 32.9 Å². The van der Waals surface area contributed by atoms with Crippen molar-refractivity contribution in [1.82, 2.24) is 0 Å². The first-order chi connectivity index (χ1) is 15.0. The largest absolute Gasteiger partial charge is 0.497 e. The minimum Gasteiger partial charge on any atom is -0.497 e. The maximum Gasteiger partial charge on any atom is 0.155 e. The van der Waals surface area contributed by atoms with E-state index in [0.29, 0.717) is 6.61 Å². The zero-order valence-corrected chi connectivity index (χ0v) is 18.3. The van der Waals surface area contributed by atoms with Gasteiger partial charge in [0.2, 0.25) is 0 Å². The molecule has 4 heteroatoms. The lowest BCUT2D eigenvalue weighted by atomic mass is 9.75. The summed E-state index contributed by atoms with van der Waals surface area (Å²) in [6.07, 6.45) is 0. The lowest BCUT2D eigenvalue weighted by molar-refractivity contribution is 0.167. The maximum atomic E-state index is 6.64. The molecule has 0 saturated heterocycles. The van der Waals surface area contributed by atoms with Crippen LogP contribution in [0.2, 0.25) is 0 Å². The molecule has 0 bridgehead atoms. The molecule has 4 nitrogen and oxygen atoms in total. The van der Waals surface area contributed by atoms with E-state index in [9.17, 15) is 0 Å². The molecule has 0 aliphatic carbocycles. The Morgan fingerprint density at radius 2 is 1.55 bits per heavy atom. The molecule has 4 aromatic rings. The van der Waals surface area contributed by atoms with Crippen molar-refractivity contribution < 1.29 is 9.47 Å². The molecule has 0 aromatic heterocycles. The number of methoxy groups -OCH3 is 1. The Morgan fingerprint density at radius 1 is 0.903 bits per heavy atom. The zero-order chi connectivity index (χ0) is 21.4. The highest BCUT2D eigenvalue weighted by atomic mass is 16.5. The molecule has 31 heavy (non-hydrogen) atoms. The normalized spacial score (nSPS) is 21.0. The van der Waals surface area contributed by atoms with Crippen LogP contribution < -0.4 is 19.7 Å². The van der Waals surface area contributed by atoms with Gasteiger partial charge in [-0.3, -0.25) is 0 Å². The highest BCUT2D eigenvalue weighted by Gasteiger charge is 2.58. The van der Waals surface area contributed by atoms with Crippen LogP contribution in [0.1, 0.15) is 19.4 Å². The van der Waals surface area contributed by atoms with Crippen LogP contribution in [0.5, 0.6) is 11.5 Å². The number of likely N-dealkylation sites (N-methyl/N-ethyl adjacent to an activating group) is 1. The molecular formula is C27H26N2O2. The van der Waals surface area contributed by atoms with Crippen LogP contribution in [0.3, 0.4) is 0 Å². The van der Waals surface area contributed by atoms with Crippen LogP contribution in [0.15, 0.2) is 66.7 Å². The average Bonchev–Trinajstić information content (AvgIpc) is 2.97. The average molecular weight is 411 g/mol. The predicted octanol–water partition coefficient (Wildman–Crippen LogP) is 5.93. The van der Waals surface area contributed by atoms with E-state index in [2.05, 4.69) is 91.8 Å². The lowest BCUT2D eigenvalue weighted by Crippen LogP contribution is -2.65.